The monoisotopic (exact) mass is 613 g/mol. The second-order valence-corrected chi connectivity index (χ2v) is 12.7. The Hall–Kier alpha value is -4.31. The summed E-state index contributed by atoms with van der Waals surface area (Å²) in [6, 6.07) is 18.7. The van der Waals surface area contributed by atoms with Crippen molar-refractivity contribution in [2.75, 3.05) is 11.9 Å². The van der Waals surface area contributed by atoms with Crippen molar-refractivity contribution in [1.82, 2.24) is 9.97 Å². The van der Waals surface area contributed by atoms with E-state index in [2.05, 4.69) is 10.3 Å². The molecule has 0 saturated carbocycles. The van der Waals surface area contributed by atoms with E-state index in [1.165, 1.54) is 11.3 Å². The fourth-order valence-corrected chi connectivity index (χ4v) is 6.36. The van der Waals surface area contributed by atoms with Crippen molar-refractivity contribution in [3.05, 3.63) is 83.0 Å². The van der Waals surface area contributed by atoms with Crippen LogP contribution in [0.15, 0.2) is 66.9 Å². The summed E-state index contributed by atoms with van der Waals surface area (Å²) in [5, 5.41) is 14.5. The molecule has 3 heterocycles. The van der Waals surface area contributed by atoms with E-state index < -0.39 is 17.7 Å². The third-order valence-corrected chi connectivity index (χ3v) is 8.33. The highest BCUT2D eigenvalue weighted by atomic mass is 35.5. The van der Waals surface area contributed by atoms with Gasteiger partial charge in [0.05, 0.1) is 27.2 Å². The minimum absolute atomic E-state index is 0.0312. The van der Waals surface area contributed by atoms with E-state index >= 15 is 0 Å². The van der Waals surface area contributed by atoms with Gasteiger partial charge in [0, 0.05) is 33.5 Å². The van der Waals surface area contributed by atoms with Gasteiger partial charge in [-0.05, 0) is 81.3 Å². The zero-order valence-corrected chi connectivity index (χ0v) is 25.5. The number of thiazole rings is 1. The van der Waals surface area contributed by atoms with Crippen molar-refractivity contribution in [1.29, 1.82) is 0 Å². The molecular formula is C33H28ClN3O5S. The molecule has 0 radical (unpaired) electrons. The fraction of sp³-hybridized carbons (Fsp3) is 0.212. The molecule has 1 amide bonds. The molecule has 0 bridgehead atoms. The van der Waals surface area contributed by atoms with E-state index in [9.17, 15) is 14.7 Å². The first-order valence-electron chi connectivity index (χ1n) is 13.6. The third kappa shape index (κ3) is 5.84. The molecular weight excluding hydrogens is 586 g/mol. The molecule has 8 nitrogen and oxygen atoms in total. The van der Waals surface area contributed by atoms with E-state index in [0.717, 1.165) is 48.7 Å². The molecule has 1 aliphatic rings. The average Bonchev–Trinajstić information content (AvgIpc) is 3.39. The maximum Gasteiger partial charge on any atom is 0.337 e. The Balaban J connectivity index is 1.50. The molecule has 2 aromatic heterocycles. The lowest BCUT2D eigenvalue weighted by atomic mass is 9.91. The van der Waals surface area contributed by atoms with Crippen molar-refractivity contribution < 1.29 is 24.2 Å². The maximum atomic E-state index is 12.6. The van der Waals surface area contributed by atoms with Crippen LogP contribution in [0.25, 0.3) is 43.2 Å². The van der Waals surface area contributed by atoms with Gasteiger partial charge in [0.15, 0.2) is 12.7 Å². The molecule has 5 aromatic rings. The fourth-order valence-electron chi connectivity index (χ4n) is 5.12. The van der Waals surface area contributed by atoms with E-state index in [0.29, 0.717) is 22.0 Å². The number of ether oxygens (including phenoxy) is 2. The standard InChI is InChI=1S/C33H28ClN3O5S/c1-17-13-24-30(28(18-5-8-21(34)9-6-18)27(17)29(32(39)40)42-33(2,3)4)43-31(37-24)20-11-12-35-23(14-20)19-7-10-22-25(15-19)41-16-26(38)36-22/h5-15,29H,16H2,1-4H3,(H,36,38)(H,39,40). The summed E-state index contributed by atoms with van der Waals surface area (Å²) in [5.41, 5.74) is 6.04. The average molecular weight is 614 g/mol. The third-order valence-electron chi connectivity index (χ3n) is 6.94. The minimum Gasteiger partial charge on any atom is -0.482 e. The van der Waals surface area contributed by atoms with E-state index in [-0.39, 0.29) is 12.5 Å². The van der Waals surface area contributed by atoms with E-state index in [1.807, 2.05) is 70.2 Å². The number of nitrogens with one attached hydrogen (secondary N) is 1. The summed E-state index contributed by atoms with van der Waals surface area (Å²) in [6.07, 6.45) is 0.539. The van der Waals surface area contributed by atoms with Crippen molar-refractivity contribution in [3.8, 4) is 38.7 Å². The van der Waals surface area contributed by atoms with Gasteiger partial charge in [-0.2, -0.15) is 0 Å². The Labute approximate surface area is 257 Å². The van der Waals surface area contributed by atoms with Crippen LogP contribution in [-0.4, -0.2) is 39.2 Å². The lowest BCUT2D eigenvalue weighted by Gasteiger charge is -2.28. The molecule has 1 unspecified atom stereocenters. The van der Waals surface area contributed by atoms with Crippen molar-refractivity contribution in [3.63, 3.8) is 0 Å². The molecule has 3 aromatic carbocycles. The van der Waals surface area contributed by atoms with Gasteiger partial charge in [-0.3, -0.25) is 9.78 Å². The van der Waals surface area contributed by atoms with Gasteiger partial charge < -0.3 is 19.9 Å². The summed E-state index contributed by atoms with van der Waals surface area (Å²) < 4.78 is 12.6. The molecule has 0 saturated heterocycles. The van der Waals surface area contributed by atoms with E-state index in [4.69, 9.17) is 26.1 Å². The van der Waals surface area contributed by atoms with Gasteiger partial charge in [0.2, 0.25) is 0 Å². The molecule has 0 fully saturated rings. The molecule has 2 N–H and O–H groups in total. The summed E-state index contributed by atoms with van der Waals surface area (Å²) in [7, 11) is 0. The number of fused-ring (bicyclic) bond motifs is 2. The Morgan fingerprint density at radius 2 is 1.81 bits per heavy atom. The number of aromatic nitrogens is 2. The van der Waals surface area contributed by atoms with Crippen LogP contribution < -0.4 is 10.1 Å². The number of carbonyl (C=O) groups excluding carboxylic acids is 1. The molecule has 6 rings (SSSR count). The topological polar surface area (TPSA) is 111 Å². The number of carboxylic acid groups (broad SMARTS) is 1. The quantitative estimate of drug-likeness (QED) is 0.200. The minimum atomic E-state index is -1.19. The van der Waals surface area contributed by atoms with Crippen LogP contribution in [0.3, 0.4) is 0 Å². The Morgan fingerprint density at radius 3 is 2.53 bits per heavy atom. The van der Waals surface area contributed by atoms with Gasteiger partial charge in [-0.25, -0.2) is 9.78 Å². The number of hydrogen-bond acceptors (Lipinski definition) is 7. The number of aliphatic carboxylic acids is 1. The molecule has 10 heteroatoms. The molecule has 0 spiro atoms. The van der Waals surface area contributed by atoms with Gasteiger partial charge in [-0.15, -0.1) is 11.3 Å². The van der Waals surface area contributed by atoms with Gasteiger partial charge in [0.25, 0.3) is 5.91 Å². The first-order valence-corrected chi connectivity index (χ1v) is 14.8. The summed E-state index contributed by atoms with van der Waals surface area (Å²) >= 11 is 7.70. The maximum absolute atomic E-state index is 12.6. The predicted octanol–water partition coefficient (Wildman–Crippen LogP) is 7.93. The largest absolute Gasteiger partial charge is 0.482 e. The number of halogens is 1. The SMILES string of the molecule is Cc1cc2nc(-c3ccnc(-c4ccc5c(c4)OCC(=O)N5)c3)sc2c(-c2ccc(Cl)cc2)c1C(OC(C)(C)C)C(=O)O. The van der Waals surface area contributed by atoms with Crippen LogP contribution in [0.1, 0.15) is 38.0 Å². The molecule has 1 atom stereocenters. The molecule has 43 heavy (non-hydrogen) atoms. The number of aryl methyl sites for hydroxylation is 1. The number of nitrogens with zero attached hydrogens (tertiary/aromatic N) is 2. The zero-order valence-electron chi connectivity index (χ0n) is 23.9. The predicted molar refractivity (Wildman–Crippen MR) is 169 cm³/mol. The second-order valence-electron chi connectivity index (χ2n) is 11.3. The number of carbonyl (C=O) groups is 2. The lowest BCUT2D eigenvalue weighted by molar-refractivity contribution is -0.160. The summed E-state index contributed by atoms with van der Waals surface area (Å²) in [6.45, 7) is 7.39. The van der Waals surface area contributed by atoms with Crippen molar-refractivity contribution in [2.24, 2.45) is 0 Å². The number of benzene rings is 3. The van der Waals surface area contributed by atoms with Crippen LogP contribution in [0.2, 0.25) is 5.02 Å². The van der Waals surface area contributed by atoms with Crippen LogP contribution >= 0.6 is 22.9 Å². The summed E-state index contributed by atoms with van der Waals surface area (Å²) in [5.74, 6) is -0.665. The smallest absolute Gasteiger partial charge is 0.337 e. The highest BCUT2D eigenvalue weighted by molar-refractivity contribution is 7.22. The lowest BCUT2D eigenvalue weighted by Crippen LogP contribution is -2.28. The number of rotatable bonds is 6. The summed E-state index contributed by atoms with van der Waals surface area (Å²) in [4.78, 5) is 33.8. The van der Waals surface area contributed by atoms with E-state index in [1.54, 1.807) is 24.4 Å². The Morgan fingerprint density at radius 1 is 1.07 bits per heavy atom. The van der Waals surface area contributed by atoms with Crippen LogP contribution in [0, 0.1) is 6.92 Å². The van der Waals surface area contributed by atoms with Gasteiger partial charge in [-0.1, -0.05) is 29.8 Å². The van der Waals surface area contributed by atoms with Crippen LogP contribution in [-0.2, 0) is 14.3 Å². The molecule has 218 valence electrons. The second kappa shape index (κ2) is 11.1. The van der Waals surface area contributed by atoms with Crippen molar-refractivity contribution >= 4 is 50.7 Å². The number of pyridine rings is 1. The highest BCUT2D eigenvalue weighted by Crippen LogP contribution is 2.44. The number of anilines is 1. The first kappa shape index (κ1) is 28.8. The van der Waals surface area contributed by atoms with Crippen molar-refractivity contribution in [2.45, 2.75) is 39.4 Å². The zero-order chi connectivity index (χ0) is 30.5. The number of hydrogen-bond donors (Lipinski definition) is 2. The Bertz CT molecular complexity index is 1900. The van der Waals surface area contributed by atoms with Crippen LogP contribution in [0.5, 0.6) is 5.75 Å². The Kier molecular flexibility index (Phi) is 7.41. The normalized spacial score (nSPS) is 13.7. The highest BCUT2D eigenvalue weighted by Gasteiger charge is 2.32. The van der Waals surface area contributed by atoms with Gasteiger partial charge in [0.1, 0.15) is 10.8 Å². The number of amides is 1. The van der Waals surface area contributed by atoms with Gasteiger partial charge >= 0.3 is 5.97 Å². The molecule has 1 aliphatic heterocycles. The molecule has 0 aliphatic carbocycles. The number of carboxylic acids is 1. The first-order chi connectivity index (χ1) is 20.5. The van der Waals surface area contributed by atoms with Crippen LogP contribution in [0.4, 0.5) is 5.69 Å².